The van der Waals surface area contributed by atoms with Crippen molar-refractivity contribution in [1.29, 1.82) is 5.26 Å². The lowest BCUT2D eigenvalue weighted by molar-refractivity contribution is 0.378. The standard InChI is InChI=1S/C16H15BrN4O/c1-8(2)14-13-12(9-3-5-10(17)6-4-9)11(7-18)15(19)22-16(13)21-20-14/h3-6,8,12H,19H2,1-2H3,(H,20,21)/t12-/m0/s1. The Labute approximate surface area is 136 Å². The van der Waals surface area contributed by atoms with Crippen LogP contribution in [0, 0.1) is 11.3 Å². The number of nitrogens with zero attached hydrogens (tertiary/aromatic N) is 2. The van der Waals surface area contributed by atoms with Crippen molar-refractivity contribution in [2.24, 2.45) is 5.73 Å². The number of hydrogen-bond donors (Lipinski definition) is 2. The van der Waals surface area contributed by atoms with Crippen molar-refractivity contribution < 1.29 is 4.74 Å². The fraction of sp³-hybridized carbons (Fsp3) is 0.250. The van der Waals surface area contributed by atoms with Gasteiger partial charge in [-0.15, -0.1) is 5.10 Å². The monoisotopic (exact) mass is 358 g/mol. The average Bonchev–Trinajstić information content (AvgIpc) is 2.90. The van der Waals surface area contributed by atoms with Gasteiger partial charge in [-0.3, -0.25) is 5.10 Å². The fourth-order valence-corrected chi connectivity index (χ4v) is 2.96. The van der Waals surface area contributed by atoms with E-state index in [2.05, 4.69) is 46.0 Å². The van der Waals surface area contributed by atoms with Gasteiger partial charge in [-0.1, -0.05) is 41.9 Å². The molecule has 2 aromatic rings. The van der Waals surface area contributed by atoms with E-state index >= 15 is 0 Å². The first-order chi connectivity index (χ1) is 10.5. The summed E-state index contributed by atoms with van der Waals surface area (Å²) in [4.78, 5) is 0. The van der Waals surface area contributed by atoms with E-state index in [-0.39, 0.29) is 17.7 Å². The third-order valence-corrected chi connectivity index (χ3v) is 4.28. The van der Waals surface area contributed by atoms with Crippen molar-refractivity contribution in [2.75, 3.05) is 0 Å². The summed E-state index contributed by atoms with van der Waals surface area (Å²) < 4.78 is 6.51. The van der Waals surface area contributed by atoms with Gasteiger partial charge in [-0.2, -0.15) is 5.26 Å². The highest BCUT2D eigenvalue weighted by Crippen LogP contribution is 2.44. The van der Waals surface area contributed by atoms with E-state index in [0.717, 1.165) is 21.3 Å². The summed E-state index contributed by atoms with van der Waals surface area (Å²) >= 11 is 3.43. The van der Waals surface area contributed by atoms with Gasteiger partial charge in [0.15, 0.2) is 0 Å². The quantitative estimate of drug-likeness (QED) is 0.859. The maximum Gasteiger partial charge on any atom is 0.244 e. The number of H-pyrrole nitrogens is 1. The Morgan fingerprint density at radius 2 is 2.05 bits per heavy atom. The summed E-state index contributed by atoms with van der Waals surface area (Å²) in [5, 5.41) is 16.8. The van der Waals surface area contributed by atoms with Gasteiger partial charge in [0.1, 0.15) is 11.6 Å². The Hall–Kier alpha value is -2.26. The Balaban J connectivity index is 2.23. The number of benzene rings is 1. The van der Waals surface area contributed by atoms with Crippen molar-refractivity contribution in [3.63, 3.8) is 0 Å². The molecule has 0 saturated heterocycles. The number of aromatic nitrogens is 2. The van der Waals surface area contributed by atoms with Gasteiger partial charge in [-0.05, 0) is 23.6 Å². The van der Waals surface area contributed by atoms with Crippen LogP contribution in [0.3, 0.4) is 0 Å². The van der Waals surface area contributed by atoms with Gasteiger partial charge in [0, 0.05) is 10.2 Å². The second kappa shape index (κ2) is 5.50. The Morgan fingerprint density at radius 3 is 2.64 bits per heavy atom. The molecule has 0 radical (unpaired) electrons. The predicted octanol–water partition coefficient (Wildman–Crippen LogP) is 3.51. The lowest BCUT2D eigenvalue weighted by Gasteiger charge is -2.24. The zero-order valence-electron chi connectivity index (χ0n) is 12.2. The number of nitrogens with one attached hydrogen (secondary N) is 1. The third-order valence-electron chi connectivity index (χ3n) is 3.75. The number of hydrogen-bond acceptors (Lipinski definition) is 4. The maximum atomic E-state index is 9.53. The Kier molecular flexibility index (Phi) is 3.67. The summed E-state index contributed by atoms with van der Waals surface area (Å²) in [5.74, 6) is 0.535. The van der Waals surface area contributed by atoms with Crippen LogP contribution >= 0.6 is 15.9 Å². The topological polar surface area (TPSA) is 87.7 Å². The van der Waals surface area contributed by atoms with Crippen LogP contribution in [-0.2, 0) is 0 Å². The van der Waals surface area contributed by atoms with Crippen molar-refractivity contribution in [2.45, 2.75) is 25.7 Å². The highest BCUT2D eigenvalue weighted by atomic mass is 79.9. The van der Waals surface area contributed by atoms with Gasteiger partial charge in [0.25, 0.3) is 0 Å². The van der Waals surface area contributed by atoms with Gasteiger partial charge in [-0.25, -0.2) is 0 Å². The molecule has 0 fully saturated rings. The van der Waals surface area contributed by atoms with Crippen LogP contribution in [0.5, 0.6) is 5.88 Å². The van der Waals surface area contributed by atoms with E-state index < -0.39 is 0 Å². The second-order valence-corrected chi connectivity index (χ2v) is 6.40. The molecule has 1 aliphatic rings. The molecule has 0 saturated carbocycles. The molecule has 112 valence electrons. The lowest BCUT2D eigenvalue weighted by Crippen LogP contribution is -2.21. The molecule has 1 aromatic carbocycles. The summed E-state index contributed by atoms with van der Waals surface area (Å²) in [7, 11) is 0. The molecule has 0 amide bonds. The van der Waals surface area contributed by atoms with E-state index in [1.807, 2.05) is 24.3 Å². The zero-order chi connectivity index (χ0) is 15.9. The fourth-order valence-electron chi connectivity index (χ4n) is 2.70. The van der Waals surface area contributed by atoms with Crippen LogP contribution in [0.1, 0.15) is 42.5 Å². The number of nitriles is 1. The molecule has 5 nitrogen and oxygen atoms in total. The molecule has 22 heavy (non-hydrogen) atoms. The van der Waals surface area contributed by atoms with Crippen LogP contribution in [0.4, 0.5) is 0 Å². The third kappa shape index (κ3) is 2.28. The second-order valence-electron chi connectivity index (χ2n) is 5.49. The predicted molar refractivity (Wildman–Crippen MR) is 86.1 cm³/mol. The summed E-state index contributed by atoms with van der Waals surface area (Å²) in [5.41, 5.74) is 9.17. The van der Waals surface area contributed by atoms with E-state index in [0.29, 0.717) is 11.5 Å². The number of rotatable bonds is 2. The first kappa shape index (κ1) is 14.7. The smallest absolute Gasteiger partial charge is 0.244 e. The number of nitrogens with two attached hydrogens (primary N) is 1. The van der Waals surface area contributed by atoms with Crippen molar-refractivity contribution in [3.05, 3.63) is 57.0 Å². The first-order valence-corrected chi connectivity index (χ1v) is 7.73. The van der Waals surface area contributed by atoms with Gasteiger partial charge >= 0.3 is 0 Å². The molecule has 2 heterocycles. The highest BCUT2D eigenvalue weighted by Gasteiger charge is 2.35. The highest BCUT2D eigenvalue weighted by molar-refractivity contribution is 9.10. The molecule has 1 aromatic heterocycles. The molecular weight excluding hydrogens is 344 g/mol. The lowest BCUT2D eigenvalue weighted by atomic mass is 9.82. The van der Waals surface area contributed by atoms with Crippen molar-refractivity contribution >= 4 is 15.9 Å². The molecular formula is C16H15BrN4O. The summed E-state index contributed by atoms with van der Waals surface area (Å²) in [6.07, 6.45) is 0. The average molecular weight is 359 g/mol. The van der Waals surface area contributed by atoms with Crippen LogP contribution in [0.25, 0.3) is 0 Å². The van der Waals surface area contributed by atoms with Crippen LogP contribution < -0.4 is 10.5 Å². The van der Waals surface area contributed by atoms with E-state index in [1.165, 1.54) is 0 Å². The number of ether oxygens (including phenoxy) is 1. The molecule has 3 N–H and O–H groups in total. The van der Waals surface area contributed by atoms with Gasteiger partial charge in [0.2, 0.25) is 11.8 Å². The Morgan fingerprint density at radius 1 is 1.36 bits per heavy atom. The van der Waals surface area contributed by atoms with E-state index in [9.17, 15) is 5.26 Å². The van der Waals surface area contributed by atoms with Crippen molar-refractivity contribution in [3.8, 4) is 11.9 Å². The minimum Gasteiger partial charge on any atom is -0.420 e. The maximum absolute atomic E-state index is 9.53. The van der Waals surface area contributed by atoms with E-state index in [1.54, 1.807) is 0 Å². The summed E-state index contributed by atoms with van der Waals surface area (Å²) in [6, 6.07) is 10.0. The SMILES string of the molecule is CC(C)c1[nH]nc2c1[C@@H](c1ccc(Br)cc1)C(C#N)=C(N)O2. The molecule has 0 aliphatic carbocycles. The number of halogens is 1. The van der Waals surface area contributed by atoms with Crippen molar-refractivity contribution in [1.82, 2.24) is 10.2 Å². The number of aromatic amines is 1. The van der Waals surface area contributed by atoms with Crippen LogP contribution in [0.15, 0.2) is 40.2 Å². The number of allylic oxidation sites excluding steroid dienone is 1. The minimum atomic E-state index is -0.266. The summed E-state index contributed by atoms with van der Waals surface area (Å²) in [6.45, 7) is 4.14. The molecule has 0 spiro atoms. The molecule has 6 heteroatoms. The normalized spacial score (nSPS) is 17.1. The molecule has 3 rings (SSSR count). The first-order valence-electron chi connectivity index (χ1n) is 6.94. The van der Waals surface area contributed by atoms with Gasteiger partial charge in [0.05, 0.1) is 11.5 Å². The van der Waals surface area contributed by atoms with Crippen LogP contribution in [-0.4, -0.2) is 10.2 Å². The molecule has 1 aliphatic heterocycles. The molecule has 0 bridgehead atoms. The molecule has 1 atom stereocenters. The van der Waals surface area contributed by atoms with Crippen LogP contribution in [0.2, 0.25) is 0 Å². The van der Waals surface area contributed by atoms with Gasteiger partial charge < -0.3 is 10.5 Å². The minimum absolute atomic E-state index is 0.115. The molecule has 0 unspecified atom stereocenters. The zero-order valence-corrected chi connectivity index (χ0v) is 13.8. The number of fused-ring (bicyclic) bond motifs is 1. The van der Waals surface area contributed by atoms with E-state index in [4.69, 9.17) is 10.5 Å². The Bertz CT molecular complexity index is 783. The largest absolute Gasteiger partial charge is 0.420 e.